The van der Waals surface area contributed by atoms with E-state index < -0.39 is 0 Å². The molecule has 0 radical (unpaired) electrons. The van der Waals surface area contributed by atoms with Crippen LogP contribution in [0.5, 0.6) is 0 Å². The highest BCUT2D eigenvalue weighted by Crippen LogP contribution is 2.26. The van der Waals surface area contributed by atoms with E-state index in [-0.39, 0.29) is 5.91 Å². The van der Waals surface area contributed by atoms with Gasteiger partial charge in [-0.15, -0.1) is 0 Å². The van der Waals surface area contributed by atoms with Crippen LogP contribution in [0, 0.1) is 0 Å². The molecule has 0 bridgehead atoms. The van der Waals surface area contributed by atoms with Gasteiger partial charge in [-0.3, -0.25) is 9.78 Å². The van der Waals surface area contributed by atoms with Crippen molar-refractivity contribution in [2.24, 2.45) is 0 Å². The number of rotatable bonds is 5. The summed E-state index contributed by atoms with van der Waals surface area (Å²) in [4.78, 5) is 28.8. The molecule has 3 heterocycles. The van der Waals surface area contributed by atoms with E-state index in [0.717, 1.165) is 50.4 Å². The summed E-state index contributed by atoms with van der Waals surface area (Å²) < 4.78 is 0. The number of likely N-dealkylation sites (N-methyl/N-ethyl adjacent to an activating group) is 1. The molecule has 0 N–H and O–H groups in total. The lowest BCUT2D eigenvalue weighted by molar-refractivity contribution is 0.0613. The van der Waals surface area contributed by atoms with E-state index in [1.807, 2.05) is 23.2 Å². The van der Waals surface area contributed by atoms with Crippen molar-refractivity contribution in [3.8, 4) is 0 Å². The minimum absolute atomic E-state index is 0.0770. The largest absolute Gasteiger partial charge is 0.354 e. The topological polar surface area (TPSA) is 52.6 Å². The maximum absolute atomic E-state index is 13.2. The molecule has 0 atom stereocenters. The second kappa shape index (κ2) is 9.35. The number of carbonyl (C=O) groups is 1. The Labute approximate surface area is 173 Å². The van der Waals surface area contributed by atoms with Gasteiger partial charge < -0.3 is 14.7 Å². The average molecular weight is 394 g/mol. The fourth-order valence-electron chi connectivity index (χ4n) is 4.34. The van der Waals surface area contributed by atoms with Crippen molar-refractivity contribution in [1.82, 2.24) is 19.8 Å². The molecule has 1 saturated heterocycles. The van der Waals surface area contributed by atoms with Crippen LogP contribution in [-0.4, -0.2) is 64.9 Å². The highest BCUT2D eigenvalue weighted by atomic mass is 16.2. The molecule has 2 aromatic rings. The first-order chi connectivity index (χ1) is 14.2. The number of hydrogen-bond donors (Lipinski definition) is 0. The minimum atomic E-state index is 0.0770. The van der Waals surface area contributed by atoms with E-state index in [2.05, 4.69) is 34.0 Å². The van der Waals surface area contributed by atoms with E-state index >= 15 is 0 Å². The van der Waals surface area contributed by atoms with Crippen molar-refractivity contribution in [3.63, 3.8) is 0 Å². The summed E-state index contributed by atoms with van der Waals surface area (Å²) >= 11 is 0. The van der Waals surface area contributed by atoms with Gasteiger partial charge in [-0.25, -0.2) is 4.98 Å². The first-order valence-electron chi connectivity index (χ1n) is 10.8. The molecule has 29 heavy (non-hydrogen) atoms. The Balaban J connectivity index is 1.49. The molecule has 6 nitrogen and oxygen atoms in total. The standard InChI is InChI=1S/C23H31N5O/c1-26-12-14-27(15-13-26)22-10-9-19(16-25-22)18-28(21-7-3-2-4-8-21)23(29)20-6-5-11-24-17-20/h5-6,9-11,16-17,21H,2-4,7-8,12-15,18H2,1H3. The summed E-state index contributed by atoms with van der Waals surface area (Å²) in [5.74, 6) is 1.11. The number of pyridine rings is 2. The molecule has 1 saturated carbocycles. The van der Waals surface area contributed by atoms with Gasteiger partial charge in [0.25, 0.3) is 5.91 Å². The van der Waals surface area contributed by atoms with Gasteiger partial charge in [-0.1, -0.05) is 25.3 Å². The molecule has 2 aliphatic rings. The van der Waals surface area contributed by atoms with Crippen LogP contribution in [0.4, 0.5) is 5.82 Å². The summed E-state index contributed by atoms with van der Waals surface area (Å²) in [5.41, 5.74) is 1.76. The number of hydrogen-bond acceptors (Lipinski definition) is 5. The van der Waals surface area contributed by atoms with E-state index in [4.69, 9.17) is 4.98 Å². The average Bonchev–Trinajstić information content (AvgIpc) is 2.79. The molecular formula is C23H31N5O. The lowest BCUT2D eigenvalue weighted by Crippen LogP contribution is -2.44. The highest BCUT2D eigenvalue weighted by molar-refractivity contribution is 5.94. The molecule has 1 aliphatic heterocycles. The Kier molecular flexibility index (Phi) is 6.39. The maximum atomic E-state index is 13.2. The van der Waals surface area contributed by atoms with Crippen molar-refractivity contribution in [1.29, 1.82) is 0 Å². The zero-order valence-corrected chi connectivity index (χ0v) is 17.3. The Morgan fingerprint density at radius 3 is 2.52 bits per heavy atom. The Bertz CT molecular complexity index is 781. The Morgan fingerprint density at radius 1 is 1.07 bits per heavy atom. The molecule has 1 aliphatic carbocycles. The number of amides is 1. The molecule has 0 aromatic carbocycles. The van der Waals surface area contributed by atoms with Crippen LogP contribution in [0.25, 0.3) is 0 Å². The first-order valence-corrected chi connectivity index (χ1v) is 10.8. The molecular weight excluding hydrogens is 362 g/mol. The van der Waals surface area contributed by atoms with Gasteiger partial charge in [-0.2, -0.15) is 0 Å². The monoisotopic (exact) mass is 393 g/mol. The lowest BCUT2D eigenvalue weighted by Gasteiger charge is -2.35. The minimum Gasteiger partial charge on any atom is -0.354 e. The van der Waals surface area contributed by atoms with Gasteiger partial charge in [0.1, 0.15) is 5.82 Å². The normalized spacial score (nSPS) is 18.6. The zero-order chi connectivity index (χ0) is 20.1. The molecule has 154 valence electrons. The van der Waals surface area contributed by atoms with Gasteiger partial charge in [-0.05, 0) is 43.7 Å². The summed E-state index contributed by atoms with van der Waals surface area (Å²) in [5, 5.41) is 0. The third kappa shape index (κ3) is 4.93. The molecule has 0 spiro atoms. The lowest BCUT2D eigenvalue weighted by atomic mass is 9.93. The van der Waals surface area contributed by atoms with E-state index in [1.165, 1.54) is 19.3 Å². The number of aromatic nitrogens is 2. The van der Waals surface area contributed by atoms with Crippen LogP contribution >= 0.6 is 0 Å². The van der Waals surface area contributed by atoms with Gasteiger partial charge in [0, 0.05) is 57.4 Å². The summed E-state index contributed by atoms with van der Waals surface area (Å²) in [6.45, 7) is 4.76. The molecule has 0 unspecified atom stereocenters. The third-order valence-corrected chi connectivity index (χ3v) is 6.17. The predicted octanol–water partition coefficient (Wildman–Crippen LogP) is 3.20. The predicted molar refractivity (Wildman–Crippen MR) is 115 cm³/mol. The maximum Gasteiger partial charge on any atom is 0.255 e. The van der Waals surface area contributed by atoms with Crippen molar-refractivity contribution >= 4 is 11.7 Å². The van der Waals surface area contributed by atoms with Crippen molar-refractivity contribution in [3.05, 3.63) is 54.0 Å². The molecule has 2 fully saturated rings. The zero-order valence-electron chi connectivity index (χ0n) is 17.3. The quantitative estimate of drug-likeness (QED) is 0.781. The number of piperazine rings is 1. The van der Waals surface area contributed by atoms with Crippen LogP contribution in [-0.2, 0) is 6.54 Å². The van der Waals surface area contributed by atoms with Gasteiger partial charge in [0.15, 0.2) is 0 Å². The number of carbonyl (C=O) groups excluding carboxylic acids is 1. The summed E-state index contributed by atoms with van der Waals surface area (Å²) in [6.07, 6.45) is 11.2. The van der Waals surface area contributed by atoms with Gasteiger partial charge in [0.2, 0.25) is 0 Å². The van der Waals surface area contributed by atoms with E-state index in [0.29, 0.717) is 18.2 Å². The van der Waals surface area contributed by atoms with Crippen molar-refractivity contribution in [2.45, 2.75) is 44.7 Å². The molecule has 6 heteroatoms. The van der Waals surface area contributed by atoms with Crippen LogP contribution in [0.1, 0.15) is 48.0 Å². The summed E-state index contributed by atoms with van der Waals surface area (Å²) in [7, 11) is 2.16. The van der Waals surface area contributed by atoms with Gasteiger partial charge in [0.05, 0.1) is 5.56 Å². The van der Waals surface area contributed by atoms with Crippen molar-refractivity contribution < 1.29 is 4.79 Å². The fourth-order valence-corrected chi connectivity index (χ4v) is 4.34. The Morgan fingerprint density at radius 2 is 1.86 bits per heavy atom. The smallest absolute Gasteiger partial charge is 0.255 e. The second-order valence-corrected chi connectivity index (χ2v) is 8.28. The second-order valence-electron chi connectivity index (χ2n) is 8.28. The molecule has 2 aromatic heterocycles. The third-order valence-electron chi connectivity index (χ3n) is 6.17. The SMILES string of the molecule is CN1CCN(c2ccc(CN(C(=O)c3cccnc3)C3CCCCC3)cn2)CC1. The van der Waals surface area contributed by atoms with Crippen LogP contribution in [0.15, 0.2) is 42.9 Å². The van der Waals surface area contributed by atoms with Crippen LogP contribution in [0.2, 0.25) is 0 Å². The first kappa shape index (κ1) is 19.8. The van der Waals surface area contributed by atoms with Gasteiger partial charge >= 0.3 is 0 Å². The number of nitrogens with zero attached hydrogens (tertiary/aromatic N) is 5. The highest BCUT2D eigenvalue weighted by Gasteiger charge is 2.27. The summed E-state index contributed by atoms with van der Waals surface area (Å²) in [6, 6.07) is 8.23. The van der Waals surface area contributed by atoms with E-state index in [9.17, 15) is 4.79 Å². The van der Waals surface area contributed by atoms with Crippen molar-refractivity contribution in [2.75, 3.05) is 38.1 Å². The van der Waals surface area contributed by atoms with Crippen LogP contribution in [0.3, 0.4) is 0 Å². The fraction of sp³-hybridized carbons (Fsp3) is 0.522. The molecule has 4 rings (SSSR count). The number of anilines is 1. The van der Waals surface area contributed by atoms with E-state index in [1.54, 1.807) is 12.4 Å². The molecule has 1 amide bonds. The van der Waals surface area contributed by atoms with Crippen LogP contribution < -0.4 is 4.90 Å². The Hall–Kier alpha value is -2.47.